The number of benzene rings is 1. The molecule has 0 radical (unpaired) electrons. The molecular formula is C15H17F4NO. The molecule has 0 aliphatic heterocycles. The number of carbonyl (C=O) groups is 1. The summed E-state index contributed by atoms with van der Waals surface area (Å²) in [6.07, 6.45) is -1.87. The van der Waals surface area contributed by atoms with Crippen LogP contribution in [0.4, 0.5) is 17.6 Å². The van der Waals surface area contributed by atoms with Gasteiger partial charge in [-0.2, -0.15) is 13.2 Å². The topological polar surface area (TPSA) is 20.3 Å². The molecule has 116 valence electrons. The fourth-order valence-electron chi connectivity index (χ4n) is 2.99. The average molecular weight is 303 g/mol. The normalized spacial score (nSPS) is 18.2. The van der Waals surface area contributed by atoms with Crippen molar-refractivity contribution >= 4 is 5.78 Å². The summed E-state index contributed by atoms with van der Waals surface area (Å²) >= 11 is 0. The molecule has 1 aliphatic rings. The van der Waals surface area contributed by atoms with Gasteiger partial charge in [-0.1, -0.05) is 12.8 Å². The first-order valence-electron chi connectivity index (χ1n) is 6.77. The molecule has 21 heavy (non-hydrogen) atoms. The minimum atomic E-state index is -4.80. The number of hydrogen-bond donors (Lipinski definition) is 0. The number of hydrogen-bond acceptors (Lipinski definition) is 2. The van der Waals surface area contributed by atoms with Crippen molar-refractivity contribution in [1.82, 2.24) is 4.90 Å². The summed E-state index contributed by atoms with van der Waals surface area (Å²) < 4.78 is 51.6. The first kappa shape index (κ1) is 15.9. The predicted octanol–water partition coefficient (Wildman–Crippen LogP) is 3.90. The minimum absolute atomic E-state index is 0.0840. The minimum Gasteiger partial charge on any atom is -0.297 e. The Labute approximate surface area is 120 Å². The van der Waals surface area contributed by atoms with Crippen LogP contribution in [-0.2, 0) is 6.18 Å². The standard InChI is InChI=1S/C15H17F4NO/c1-20(2)14(7-3-4-8-14)13(21)10-5-6-12(16)11(9-10)15(17,18)19/h5-6,9H,3-4,7-8H2,1-2H3. The van der Waals surface area contributed by atoms with Gasteiger partial charge >= 0.3 is 6.18 Å². The third-order valence-corrected chi connectivity index (χ3v) is 4.24. The Bertz CT molecular complexity index is 545. The van der Waals surface area contributed by atoms with E-state index in [0.717, 1.165) is 18.9 Å². The maximum atomic E-state index is 13.3. The smallest absolute Gasteiger partial charge is 0.297 e. The lowest BCUT2D eigenvalue weighted by Gasteiger charge is -2.34. The van der Waals surface area contributed by atoms with Crippen molar-refractivity contribution in [3.63, 3.8) is 0 Å². The van der Waals surface area contributed by atoms with Crippen LogP contribution in [0.25, 0.3) is 0 Å². The van der Waals surface area contributed by atoms with Crippen molar-refractivity contribution < 1.29 is 22.4 Å². The van der Waals surface area contributed by atoms with Gasteiger partial charge in [-0.3, -0.25) is 9.69 Å². The van der Waals surface area contributed by atoms with Crippen LogP contribution in [0.2, 0.25) is 0 Å². The molecule has 1 aliphatic carbocycles. The molecule has 0 unspecified atom stereocenters. The molecule has 0 atom stereocenters. The van der Waals surface area contributed by atoms with Crippen LogP contribution in [0, 0.1) is 5.82 Å². The predicted molar refractivity (Wildman–Crippen MR) is 70.6 cm³/mol. The first-order chi connectivity index (χ1) is 9.68. The zero-order valence-corrected chi connectivity index (χ0v) is 11.9. The summed E-state index contributed by atoms with van der Waals surface area (Å²) in [5, 5.41) is 0. The molecule has 1 saturated carbocycles. The lowest BCUT2D eigenvalue weighted by Crippen LogP contribution is -2.48. The van der Waals surface area contributed by atoms with Gasteiger partial charge in [0.2, 0.25) is 0 Å². The van der Waals surface area contributed by atoms with Crippen LogP contribution in [0.3, 0.4) is 0 Å². The van der Waals surface area contributed by atoms with E-state index in [1.807, 2.05) is 0 Å². The third-order valence-electron chi connectivity index (χ3n) is 4.24. The van der Waals surface area contributed by atoms with Crippen LogP contribution < -0.4 is 0 Å². The van der Waals surface area contributed by atoms with Crippen molar-refractivity contribution in [2.24, 2.45) is 0 Å². The molecule has 0 amide bonds. The maximum absolute atomic E-state index is 13.3. The van der Waals surface area contributed by atoms with Gasteiger partial charge in [0.15, 0.2) is 5.78 Å². The molecule has 0 spiro atoms. The number of halogens is 4. The van der Waals surface area contributed by atoms with Gasteiger partial charge in [-0.15, -0.1) is 0 Å². The molecule has 0 aromatic heterocycles. The molecule has 2 nitrogen and oxygen atoms in total. The molecule has 0 heterocycles. The van der Waals surface area contributed by atoms with Crippen LogP contribution in [0.5, 0.6) is 0 Å². The summed E-state index contributed by atoms with van der Waals surface area (Å²) in [5.41, 5.74) is -2.25. The molecule has 6 heteroatoms. The Kier molecular flexibility index (Phi) is 4.10. The second-order valence-electron chi connectivity index (χ2n) is 5.65. The lowest BCUT2D eigenvalue weighted by molar-refractivity contribution is -0.140. The van der Waals surface area contributed by atoms with Gasteiger partial charge in [-0.25, -0.2) is 4.39 Å². The van der Waals surface area contributed by atoms with E-state index in [2.05, 4.69) is 0 Å². The highest BCUT2D eigenvalue weighted by Crippen LogP contribution is 2.38. The van der Waals surface area contributed by atoms with Crippen LogP contribution in [0.1, 0.15) is 41.6 Å². The zero-order valence-electron chi connectivity index (χ0n) is 11.9. The van der Waals surface area contributed by atoms with E-state index in [1.54, 1.807) is 19.0 Å². The van der Waals surface area contributed by atoms with Crippen molar-refractivity contribution in [1.29, 1.82) is 0 Å². The Balaban J connectivity index is 2.44. The Hall–Kier alpha value is -1.43. The lowest BCUT2D eigenvalue weighted by atomic mass is 9.86. The summed E-state index contributed by atoms with van der Waals surface area (Å²) in [6, 6.07) is 2.48. The van der Waals surface area contributed by atoms with Crippen LogP contribution >= 0.6 is 0 Å². The fraction of sp³-hybridized carbons (Fsp3) is 0.533. The summed E-state index contributed by atoms with van der Waals surface area (Å²) in [7, 11) is 3.49. The second-order valence-corrected chi connectivity index (χ2v) is 5.65. The highest BCUT2D eigenvalue weighted by atomic mass is 19.4. The van der Waals surface area contributed by atoms with Crippen molar-refractivity contribution in [2.45, 2.75) is 37.4 Å². The number of Topliss-reactive ketones (excluding diaryl/α,β-unsaturated/α-hetero) is 1. The molecule has 1 aromatic rings. The third kappa shape index (κ3) is 2.81. The Morgan fingerprint density at radius 3 is 2.24 bits per heavy atom. The molecular weight excluding hydrogens is 286 g/mol. The van der Waals surface area contributed by atoms with Crippen LogP contribution in [0.15, 0.2) is 18.2 Å². The highest BCUT2D eigenvalue weighted by molar-refractivity contribution is 6.03. The summed E-state index contributed by atoms with van der Waals surface area (Å²) in [6.45, 7) is 0. The van der Waals surface area contributed by atoms with Gasteiger partial charge in [0.1, 0.15) is 5.82 Å². The van der Waals surface area contributed by atoms with E-state index < -0.39 is 23.1 Å². The van der Waals surface area contributed by atoms with E-state index >= 15 is 0 Å². The van der Waals surface area contributed by atoms with E-state index in [0.29, 0.717) is 25.0 Å². The maximum Gasteiger partial charge on any atom is 0.419 e. The number of alkyl halides is 3. The number of rotatable bonds is 3. The molecule has 2 rings (SSSR count). The van der Waals surface area contributed by atoms with Gasteiger partial charge in [0, 0.05) is 5.56 Å². The molecule has 0 N–H and O–H groups in total. The summed E-state index contributed by atoms with van der Waals surface area (Å²) in [5.74, 6) is -1.72. The molecule has 0 bridgehead atoms. The largest absolute Gasteiger partial charge is 0.419 e. The van der Waals surface area contributed by atoms with Gasteiger partial charge in [0.25, 0.3) is 0 Å². The number of carbonyl (C=O) groups excluding carboxylic acids is 1. The first-order valence-corrected chi connectivity index (χ1v) is 6.77. The SMILES string of the molecule is CN(C)C1(C(=O)c2ccc(F)c(C(F)(F)F)c2)CCCC1. The average Bonchev–Trinajstić information content (AvgIpc) is 2.87. The van der Waals surface area contributed by atoms with Crippen molar-refractivity contribution in [3.05, 3.63) is 35.1 Å². The Morgan fingerprint density at radius 2 is 1.76 bits per heavy atom. The molecule has 1 fully saturated rings. The van der Waals surface area contributed by atoms with Gasteiger partial charge < -0.3 is 0 Å². The van der Waals surface area contributed by atoms with E-state index in [-0.39, 0.29) is 11.3 Å². The monoisotopic (exact) mass is 303 g/mol. The van der Waals surface area contributed by atoms with Crippen LogP contribution in [-0.4, -0.2) is 30.3 Å². The van der Waals surface area contributed by atoms with Crippen molar-refractivity contribution in [3.8, 4) is 0 Å². The van der Waals surface area contributed by atoms with E-state index in [4.69, 9.17) is 0 Å². The zero-order chi connectivity index (χ0) is 15.8. The number of nitrogens with zero attached hydrogens (tertiary/aromatic N) is 1. The quantitative estimate of drug-likeness (QED) is 0.623. The highest BCUT2D eigenvalue weighted by Gasteiger charge is 2.44. The summed E-state index contributed by atoms with van der Waals surface area (Å²) in [4.78, 5) is 14.4. The number of ketones is 1. The van der Waals surface area contributed by atoms with E-state index in [9.17, 15) is 22.4 Å². The van der Waals surface area contributed by atoms with Crippen molar-refractivity contribution in [2.75, 3.05) is 14.1 Å². The van der Waals surface area contributed by atoms with Gasteiger partial charge in [-0.05, 0) is 45.1 Å². The molecule has 1 aromatic carbocycles. The van der Waals surface area contributed by atoms with Gasteiger partial charge in [0.05, 0.1) is 11.1 Å². The molecule has 0 saturated heterocycles. The second kappa shape index (κ2) is 5.40. The number of likely N-dealkylation sites (N-methyl/N-ethyl adjacent to an activating group) is 1. The Morgan fingerprint density at radius 1 is 1.19 bits per heavy atom. The van der Waals surface area contributed by atoms with E-state index in [1.165, 1.54) is 0 Å². The fourth-order valence-corrected chi connectivity index (χ4v) is 2.99.